The number of rotatable bonds is 2. The van der Waals surface area contributed by atoms with Gasteiger partial charge in [-0.2, -0.15) is 0 Å². The Hall–Kier alpha value is -0.230. The Balaban J connectivity index is 2.98. The highest BCUT2D eigenvalue weighted by molar-refractivity contribution is 6.29. The molecule has 1 aliphatic carbocycles. The monoisotopic (exact) mass is 240 g/mol. The largest absolute Gasteiger partial charge is 0.0891 e. The highest BCUT2D eigenvalue weighted by Crippen LogP contribution is 2.36. The van der Waals surface area contributed by atoms with Crippen molar-refractivity contribution >= 4 is 11.6 Å². The maximum atomic E-state index is 6.37. The van der Waals surface area contributed by atoms with E-state index in [2.05, 4.69) is 33.8 Å². The lowest BCUT2D eigenvalue weighted by molar-refractivity contribution is 0.327. The third-order valence-corrected chi connectivity index (χ3v) is 3.81. The minimum Gasteiger partial charge on any atom is -0.0891 e. The molecular weight excluding hydrogens is 216 g/mol. The second kappa shape index (κ2) is 5.91. The van der Waals surface area contributed by atoms with Gasteiger partial charge in [0.1, 0.15) is 0 Å². The van der Waals surface area contributed by atoms with Gasteiger partial charge >= 0.3 is 0 Å². The summed E-state index contributed by atoms with van der Waals surface area (Å²) in [7, 11) is 0. The molecule has 1 rings (SSSR count). The van der Waals surface area contributed by atoms with Gasteiger partial charge in [-0.1, -0.05) is 44.9 Å². The first-order valence-electron chi connectivity index (χ1n) is 6.55. The molecule has 92 valence electrons. The molecule has 0 amide bonds. The van der Waals surface area contributed by atoms with Crippen LogP contribution in [0.4, 0.5) is 0 Å². The van der Waals surface area contributed by atoms with Crippen LogP contribution < -0.4 is 0 Å². The Bertz CT molecular complexity index is 295. The molecule has 0 fully saturated rings. The molecule has 1 aliphatic rings. The number of halogens is 1. The first kappa shape index (κ1) is 13.8. The van der Waals surface area contributed by atoms with E-state index in [-0.39, 0.29) is 0 Å². The summed E-state index contributed by atoms with van der Waals surface area (Å²) in [6.45, 7) is 9.14. The van der Waals surface area contributed by atoms with E-state index in [1.54, 1.807) is 5.57 Å². The van der Waals surface area contributed by atoms with Gasteiger partial charge < -0.3 is 0 Å². The Labute approximate surface area is 106 Å². The van der Waals surface area contributed by atoms with Crippen LogP contribution in [-0.2, 0) is 0 Å². The smallest absolute Gasteiger partial charge is 0.0189 e. The summed E-state index contributed by atoms with van der Waals surface area (Å²) in [5.74, 6) is 0. The third-order valence-electron chi connectivity index (χ3n) is 3.57. The molecule has 0 saturated heterocycles. The van der Waals surface area contributed by atoms with E-state index in [4.69, 9.17) is 11.6 Å². The van der Waals surface area contributed by atoms with Crippen LogP contribution in [0, 0.1) is 5.41 Å². The molecule has 0 aromatic carbocycles. The second-order valence-electron chi connectivity index (χ2n) is 5.62. The van der Waals surface area contributed by atoms with Crippen LogP contribution in [0.5, 0.6) is 0 Å². The highest BCUT2D eigenvalue weighted by atomic mass is 35.5. The maximum Gasteiger partial charge on any atom is 0.0189 e. The quantitative estimate of drug-likeness (QED) is 0.570. The fourth-order valence-electron chi connectivity index (χ4n) is 2.58. The van der Waals surface area contributed by atoms with Gasteiger partial charge in [0, 0.05) is 5.03 Å². The lowest BCUT2D eigenvalue weighted by Crippen LogP contribution is -2.10. The summed E-state index contributed by atoms with van der Waals surface area (Å²) in [5.41, 5.74) is 3.44. The zero-order chi connectivity index (χ0) is 12.2. The number of hydrogen-bond acceptors (Lipinski definition) is 0. The van der Waals surface area contributed by atoms with E-state index in [1.165, 1.54) is 31.3 Å². The van der Waals surface area contributed by atoms with Gasteiger partial charge in [-0.05, 0) is 55.6 Å². The SMILES string of the molecule is CCC1=C(CC)CCCC(C)(C)CC(Cl)=C1. The lowest BCUT2D eigenvalue weighted by atomic mass is 9.83. The average molecular weight is 241 g/mol. The van der Waals surface area contributed by atoms with Gasteiger partial charge in [0.15, 0.2) is 0 Å². The van der Waals surface area contributed by atoms with E-state index in [0.29, 0.717) is 5.41 Å². The molecule has 0 unspecified atom stereocenters. The van der Waals surface area contributed by atoms with Crippen LogP contribution in [0.2, 0.25) is 0 Å². The average Bonchev–Trinajstić information content (AvgIpc) is 2.25. The Morgan fingerprint density at radius 1 is 1.25 bits per heavy atom. The molecule has 0 radical (unpaired) electrons. The predicted octanol–water partition coefficient (Wildman–Crippen LogP) is 5.83. The van der Waals surface area contributed by atoms with Crippen molar-refractivity contribution in [1.82, 2.24) is 0 Å². The normalized spacial score (nSPS) is 22.2. The number of allylic oxidation sites excluding steroid dienone is 4. The summed E-state index contributed by atoms with van der Waals surface area (Å²) in [5, 5.41) is 1.04. The first-order chi connectivity index (χ1) is 7.48. The fraction of sp³-hybridized carbons (Fsp3) is 0.733. The van der Waals surface area contributed by atoms with Crippen LogP contribution in [0.3, 0.4) is 0 Å². The minimum atomic E-state index is 0.357. The zero-order valence-corrected chi connectivity index (χ0v) is 12.0. The van der Waals surface area contributed by atoms with Gasteiger partial charge in [-0.25, -0.2) is 0 Å². The molecule has 0 saturated carbocycles. The molecule has 0 spiro atoms. The van der Waals surface area contributed by atoms with Crippen molar-refractivity contribution in [2.45, 2.75) is 66.2 Å². The van der Waals surface area contributed by atoms with Crippen molar-refractivity contribution in [3.8, 4) is 0 Å². The maximum absolute atomic E-state index is 6.37. The van der Waals surface area contributed by atoms with Crippen molar-refractivity contribution in [1.29, 1.82) is 0 Å². The van der Waals surface area contributed by atoms with Crippen molar-refractivity contribution in [3.05, 3.63) is 22.3 Å². The number of hydrogen-bond donors (Lipinski definition) is 0. The molecule has 16 heavy (non-hydrogen) atoms. The van der Waals surface area contributed by atoms with E-state index in [0.717, 1.165) is 17.9 Å². The van der Waals surface area contributed by atoms with Crippen LogP contribution in [0.15, 0.2) is 22.3 Å². The molecule has 0 aromatic heterocycles. The van der Waals surface area contributed by atoms with Gasteiger partial charge in [0.2, 0.25) is 0 Å². The van der Waals surface area contributed by atoms with E-state index < -0.39 is 0 Å². The first-order valence-corrected chi connectivity index (χ1v) is 6.93. The predicted molar refractivity (Wildman–Crippen MR) is 73.8 cm³/mol. The van der Waals surface area contributed by atoms with Crippen molar-refractivity contribution in [2.24, 2.45) is 5.41 Å². The highest BCUT2D eigenvalue weighted by Gasteiger charge is 2.20. The van der Waals surface area contributed by atoms with Gasteiger partial charge in [-0.15, -0.1) is 0 Å². The van der Waals surface area contributed by atoms with Crippen LogP contribution in [0.25, 0.3) is 0 Å². The molecule has 0 aromatic rings. The second-order valence-corrected chi connectivity index (χ2v) is 6.11. The van der Waals surface area contributed by atoms with Gasteiger partial charge in [0.25, 0.3) is 0 Å². The lowest BCUT2D eigenvalue weighted by Gasteiger charge is -2.23. The summed E-state index contributed by atoms with van der Waals surface area (Å²) in [6, 6.07) is 0. The molecule has 0 bridgehead atoms. The summed E-state index contributed by atoms with van der Waals surface area (Å²) >= 11 is 6.37. The molecule has 0 N–H and O–H groups in total. The minimum absolute atomic E-state index is 0.357. The standard InChI is InChI=1S/C15H25Cl/c1-5-12-8-7-9-15(3,4)11-14(16)10-13(12)6-2/h10H,5-9,11H2,1-4H3. The van der Waals surface area contributed by atoms with Gasteiger partial charge in [-0.3, -0.25) is 0 Å². The fourth-order valence-corrected chi connectivity index (χ4v) is 3.08. The Morgan fingerprint density at radius 3 is 2.50 bits per heavy atom. The third kappa shape index (κ3) is 3.97. The molecule has 0 nitrogen and oxygen atoms in total. The summed E-state index contributed by atoms with van der Waals surface area (Å²) < 4.78 is 0. The topological polar surface area (TPSA) is 0 Å². The van der Waals surface area contributed by atoms with Crippen molar-refractivity contribution in [2.75, 3.05) is 0 Å². The van der Waals surface area contributed by atoms with Crippen LogP contribution >= 0.6 is 11.6 Å². The molecular formula is C15H25Cl. The Morgan fingerprint density at radius 2 is 1.94 bits per heavy atom. The van der Waals surface area contributed by atoms with Crippen molar-refractivity contribution < 1.29 is 0 Å². The Kier molecular flexibility index (Phi) is 5.11. The van der Waals surface area contributed by atoms with E-state index in [9.17, 15) is 0 Å². The summed E-state index contributed by atoms with van der Waals surface area (Å²) in [6.07, 6.45) is 9.37. The molecule has 0 atom stereocenters. The van der Waals surface area contributed by atoms with Crippen LogP contribution in [-0.4, -0.2) is 0 Å². The molecule has 1 heteroatoms. The van der Waals surface area contributed by atoms with Crippen molar-refractivity contribution in [3.63, 3.8) is 0 Å². The van der Waals surface area contributed by atoms with Gasteiger partial charge in [0.05, 0.1) is 0 Å². The van der Waals surface area contributed by atoms with Crippen LogP contribution in [0.1, 0.15) is 66.2 Å². The summed E-state index contributed by atoms with van der Waals surface area (Å²) in [4.78, 5) is 0. The molecule has 0 heterocycles. The van der Waals surface area contributed by atoms with E-state index in [1.807, 2.05) is 0 Å². The van der Waals surface area contributed by atoms with E-state index >= 15 is 0 Å². The molecule has 0 aliphatic heterocycles. The zero-order valence-electron chi connectivity index (χ0n) is 11.2.